The van der Waals surface area contributed by atoms with Gasteiger partial charge in [-0.3, -0.25) is 14.6 Å². The molecule has 0 aliphatic carbocycles. The minimum atomic E-state index is -0.472. The van der Waals surface area contributed by atoms with Gasteiger partial charge in [0, 0.05) is 6.20 Å². The summed E-state index contributed by atoms with van der Waals surface area (Å²) in [6, 6.07) is 4.42. The summed E-state index contributed by atoms with van der Waals surface area (Å²) in [6.45, 7) is 5.32. The lowest BCUT2D eigenvalue weighted by atomic mass is 10.0. The lowest BCUT2D eigenvalue weighted by Crippen LogP contribution is -2.61. The van der Waals surface area contributed by atoms with Crippen molar-refractivity contribution >= 4 is 11.8 Å². The second-order valence-electron chi connectivity index (χ2n) is 4.58. The number of piperazine rings is 1. The summed E-state index contributed by atoms with van der Waals surface area (Å²) < 4.78 is 0. The van der Waals surface area contributed by atoms with Crippen LogP contribution in [0.1, 0.15) is 32.5 Å². The molecule has 1 aliphatic heterocycles. The van der Waals surface area contributed by atoms with Gasteiger partial charge in [-0.05, 0) is 32.9 Å². The van der Waals surface area contributed by atoms with Crippen molar-refractivity contribution in [2.45, 2.75) is 38.9 Å². The first-order valence-electron chi connectivity index (χ1n) is 6.06. The Kier molecular flexibility index (Phi) is 3.32. The molecule has 1 aliphatic rings. The lowest BCUT2D eigenvalue weighted by molar-refractivity contribution is -0.150. The quantitative estimate of drug-likeness (QED) is 0.843. The molecule has 3 unspecified atom stereocenters. The number of aromatic nitrogens is 1. The number of amides is 2. The van der Waals surface area contributed by atoms with Gasteiger partial charge in [-0.1, -0.05) is 6.07 Å². The van der Waals surface area contributed by atoms with Crippen LogP contribution in [0.25, 0.3) is 0 Å². The van der Waals surface area contributed by atoms with E-state index < -0.39 is 12.1 Å². The highest BCUT2D eigenvalue weighted by molar-refractivity contribution is 5.96. The maximum absolute atomic E-state index is 12.2. The SMILES string of the molecule is CC1NC(=O)C(C)N(C(C)c2ccccn2)C1=O. The van der Waals surface area contributed by atoms with Crippen molar-refractivity contribution in [3.05, 3.63) is 30.1 Å². The second kappa shape index (κ2) is 4.76. The number of hydrogen-bond acceptors (Lipinski definition) is 3. The largest absolute Gasteiger partial charge is 0.343 e. The van der Waals surface area contributed by atoms with Crippen molar-refractivity contribution < 1.29 is 9.59 Å². The van der Waals surface area contributed by atoms with Gasteiger partial charge < -0.3 is 10.2 Å². The predicted octanol–water partition coefficient (Wildman–Crippen LogP) is 0.878. The Hall–Kier alpha value is -1.91. The van der Waals surface area contributed by atoms with E-state index in [4.69, 9.17) is 0 Å². The molecular formula is C13H17N3O2. The molecule has 0 radical (unpaired) electrons. The summed E-state index contributed by atoms with van der Waals surface area (Å²) in [7, 11) is 0. The molecule has 0 bridgehead atoms. The summed E-state index contributed by atoms with van der Waals surface area (Å²) in [5.41, 5.74) is 0.791. The molecule has 0 spiro atoms. The molecule has 18 heavy (non-hydrogen) atoms. The fourth-order valence-corrected chi connectivity index (χ4v) is 2.23. The normalized spacial score (nSPS) is 25.8. The molecule has 96 valence electrons. The number of carbonyl (C=O) groups is 2. The first kappa shape index (κ1) is 12.5. The molecule has 1 saturated heterocycles. The molecule has 5 nitrogen and oxygen atoms in total. The van der Waals surface area contributed by atoms with Gasteiger partial charge in [0.1, 0.15) is 12.1 Å². The first-order chi connectivity index (χ1) is 8.52. The van der Waals surface area contributed by atoms with Gasteiger partial charge in [0.05, 0.1) is 11.7 Å². The Balaban J connectivity index is 2.30. The topological polar surface area (TPSA) is 62.3 Å². The molecule has 3 atom stereocenters. The van der Waals surface area contributed by atoms with E-state index >= 15 is 0 Å². The highest BCUT2D eigenvalue weighted by Crippen LogP contribution is 2.24. The summed E-state index contributed by atoms with van der Waals surface area (Å²) in [4.78, 5) is 29.8. The van der Waals surface area contributed by atoms with Crippen LogP contribution in [-0.4, -0.2) is 33.8 Å². The average molecular weight is 247 g/mol. The van der Waals surface area contributed by atoms with Crippen molar-refractivity contribution in [1.29, 1.82) is 0 Å². The Morgan fingerprint density at radius 3 is 2.67 bits per heavy atom. The minimum absolute atomic E-state index is 0.0692. The van der Waals surface area contributed by atoms with Gasteiger partial charge in [-0.25, -0.2) is 0 Å². The van der Waals surface area contributed by atoms with Crippen molar-refractivity contribution in [2.75, 3.05) is 0 Å². The molecule has 1 aromatic heterocycles. The molecule has 1 aromatic rings. The fourth-order valence-electron chi connectivity index (χ4n) is 2.23. The van der Waals surface area contributed by atoms with E-state index in [-0.39, 0.29) is 17.9 Å². The number of hydrogen-bond donors (Lipinski definition) is 1. The van der Waals surface area contributed by atoms with Crippen LogP contribution in [0.4, 0.5) is 0 Å². The average Bonchev–Trinajstić information content (AvgIpc) is 2.37. The van der Waals surface area contributed by atoms with Crippen LogP contribution < -0.4 is 5.32 Å². The highest BCUT2D eigenvalue weighted by atomic mass is 16.2. The van der Waals surface area contributed by atoms with Crippen molar-refractivity contribution in [1.82, 2.24) is 15.2 Å². The molecule has 2 amide bonds. The highest BCUT2D eigenvalue weighted by Gasteiger charge is 2.38. The Labute approximate surface area is 106 Å². The zero-order chi connectivity index (χ0) is 13.3. The van der Waals surface area contributed by atoms with E-state index in [9.17, 15) is 9.59 Å². The van der Waals surface area contributed by atoms with Gasteiger partial charge in [0.2, 0.25) is 11.8 Å². The van der Waals surface area contributed by atoms with Crippen LogP contribution in [0, 0.1) is 0 Å². The number of pyridine rings is 1. The van der Waals surface area contributed by atoms with Crippen LogP contribution in [0.3, 0.4) is 0 Å². The third-order valence-electron chi connectivity index (χ3n) is 3.31. The maximum atomic E-state index is 12.2. The van der Waals surface area contributed by atoms with Gasteiger partial charge in [-0.15, -0.1) is 0 Å². The number of nitrogens with zero attached hydrogens (tertiary/aromatic N) is 2. The second-order valence-corrected chi connectivity index (χ2v) is 4.58. The van der Waals surface area contributed by atoms with Crippen LogP contribution in [0.2, 0.25) is 0 Å². The van der Waals surface area contributed by atoms with E-state index in [1.807, 2.05) is 25.1 Å². The van der Waals surface area contributed by atoms with Gasteiger partial charge in [-0.2, -0.15) is 0 Å². The number of nitrogens with one attached hydrogen (secondary N) is 1. The van der Waals surface area contributed by atoms with Crippen molar-refractivity contribution in [2.24, 2.45) is 0 Å². The molecule has 1 N–H and O–H groups in total. The summed E-state index contributed by atoms with van der Waals surface area (Å²) >= 11 is 0. The zero-order valence-corrected chi connectivity index (χ0v) is 10.8. The lowest BCUT2D eigenvalue weighted by Gasteiger charge is -2.39. The number of carbonyl (C=O) groups excluding carboxylic acids is 2. The molecular weight excluding hydrogens is 230 g/mol. The smallest absolute Gasteiger partial charge is 0.246 e. The van der Waals surface area contributed by atoms with E-state index in [0.717, 1.165) is 5.69 Å². The maximum Gasteiger partial charge on any atom is 0.246 e. The van der Waals surface area contributed by atoms with E-state index in [0.29, 0.717) is 0 Å². The molecule has 0 aromatic carbocycles. The van der Waals surface area contributed by atoms with Crippen molar-refractivity contribution in [3.63, 3.8) is 0 Å². The van der Waals surface area contributed by atoms with Gasteiger partial charge in [0.25, 0.3) is 0 Å². The van der Waals surface area contributed by atoms with Crippen LogP contribution in [0.15, 0.2) is 24.4 Å². The van der Waals surface area contributed by atoms with E-state index in [1.54, 1.807) is 24.9 Å². The Morgan fingerprint density at radius 1 is 1.33 bits per heavy atom. The molecule has 5 heteroatoms. The standard InChI is InChI=1S/C13H17N3O2/c1-8-13(18)16(10(3)12(17)15-8)9(2)11-6-4-5-7-14-11/h4-10H,1-3H3,(H,15,17). The van der Waals surface area contributed by atoms with Crippen LogP contribution in [-0.2, 0) is 9.59 Å². The third-order valence-corrected chi connectivity index (χ3v) is 3.31. The zero-order valence-electron chi connectivity index (χ0n) is 10.8. The molecule has 1 fully saturated rings. The van der Waals surface area contributed by atoms with Gasteiger partial charge >= 0.3 is 0 Å². The molecule has 0 saturated carbocycles. The summed E-state index contributed by atoms with van der Waals surface area (Å²) in [5, 5.41) is 2.66. The minimum Gasteiger partial charge on any atom is -0.343 e. The Bertz CT molecular complexity index is 461. The monoisotopic (exact) mass is 247 g/mol. The first-order valence-corrected chi connectivity index (χ1v) is 6.06. The van der Waals surface area contributed by atoms with E-state index in [1.165, 1.54) is 0 Å². The van der Waals surface area contributed by atoms with Crippen molar-refractivity contribution in [3.8, 4) is 0 Å². The summed E-state index contributed by atoms with van der Waals surface area (Å²) in [6.07, 6.45) is 1.69. The van der Waals surface area contributed by atoms with Crippen LogP contribution in [0.5, 0.6) is 0 Å². The molecule has 2 rings (SSSR count). The molecule has 2 heterocycles. The predicted molar refractivity (Wildman–Crippen MR) is 66.6 cm³/mol. The Morgan fingerprint density at radius 2 is 2.06 bits per heavy atom. The van der Waals surface area contributed by atoms with Gasteiger partial charge in [0.15, 0.2) is 0 Å². The third kappa shape index (κ3) is 2.08. The fraction of sp³-hybridized carbons (Fsp3) is 0.462. The summed E-state index contributed by atoms with van der Waals surface area (Å²) in [5.74, 6) is -0.190. The van der Waals surface area contributed by atoms with E-state index in [2.05, 4.69) is 10.3 Å². The number of rotatable bonds is 2. The van der Waals surface area contributed by atoms with Crippen LogP contribution >= 0.6 is 0 Å².